The molecule has 57 heavy (non-hydrogen) atoms. The molecule has 0 atom stereocenters. The smallest absolute Gasteiger partial charge is 0.186 e. The van der Waals surface area contributed by atoms with E-state index in [-0.39, 0.29) is 27.3 Å². The van der Waals surface area contributed by atoms with Crippen molar-refractivity contribution in [3.8, 4) is 22.7 Å². The van der Waals surface area contributed by atoms with Crippen LogP contribution in [-0.4, -0.2) is 18.3 Å². The Morgan fingerprint density at radius 1 is 0.421 bits per heavy atom. The van der Waals surface area contributed by atoms with Crippen LogP contribution in [0.5, 0.6) is 0 Å². The summed E-state index contributed by atoms with van der Waals surface area (Å²) in [5.41, 5.74) is 9.17. The normalized spacial score (nSPS) is 11.7. The molecule has 11 heteroatoms. The van der Waals surface area contributed by atoms with Crippen LogP contribution in [0.2, 0.25) is 0 Å². The first-order chi connectivity index (χ1) is 26.2. The summed E-state index contributed by atoms with van der Waals surface area (Å²) in [5, 5.41) is 2.32. The van der Waals surface area contributed by atoms with Crippen LogP contribution in [0, 0.1) is 21.4 Å². The largest absolute Gasteiger partial charge is 0.762 e. The van der Waals surface area contributed by atoms with E-state index < -0.39 is 0 Å². The first kappa shape index (κ1) is 46.8. The summed E-state index contributed by atoms with van der Waals surface area (Å²) < 4.78 is 8.78. The van der Waals surface area contributed by atoms with Crippen molar-refractivity contribution >= 4 is 75.0 Å². The Hall–Kier alpha value is -2.89. The van der Waals surface area contributed by atoms with Crippen molar-refractivity contribution in [3.05, 3.63) is 129 Å². The Kier molecular flexibility index (Phi) is 15.6. The standard InChI is InChI=1S/2C23H28N2S3.Ni/c1-22(2,3)15-7-11-17(12-8-15)24-19(26)20(27)25(21(24)28)18-13-9-16(10-14-18)23(4,5)6;1-15(2)13-17-5-9-19(10-6-17)24-21(26)22(27)25(23(24)28)20-11-7-18(8-12-20)14-16(3)4;/h7-14,26-27H,1-6H3;5-12,15-16,26-27H,13-14H2,1-4H3;/p-4. The molecule has 0 radical (unpaired) electrons. The maximum atomic E-state index is 5.77. The fourth-order valence-corrected chi connectivity index (χ4v) is 8.72. The summed E-state index contributed by atoms with van der Waals surface area (Å²) in [6.07, 6.45) is 2.12. The second-order valence-electron chi connectivity index (χ2n) is 17.2. The van der Waals surface area contributed by atoms with Crippen LogP contribution in [-0.2, 0) is 90.7 Å². The zero-order valence-corrected chi connectivity index (χ0v) is 40.2. The minimum Gasteiger partial charge on any atom is -0.762 e. The predicted octanol–water partition coefficient (Wildman–Crippen LogP) is 12.6. The molecule has 2 aromatic heterocycles. The molecular formula is C46H52N4NiS6-4. The van der Waals surface area contributed by atoms with Crippen molar-refractivity contribution in [2.45, 2.75) is 113 Å². The van der Waals surface area contributed by atoms with Crippen LogP contribution in [0.3, 0.4) is 0 Å². The van der Waals surface area contributed by atoms with Crippen molar-refractivity contribution in [1.82, 2.24) is 18.3 Å². The Balaban J connectivity index is 0.000000248. The molecule has 0 saturated carbocycles. The average molecular weight is 912 g/mol. The van der Waals surface area contributed by atoms with Crippen LogP contribution >= 0.6 is 24.4 Å². The molecular weight excluding hydrogens is 860 g/mol. The fourth-order valence-electron chi connectivity index (χ4n) is 6.57. The summed E-state index contributed by atoms with van der Waals surface area (Å²) in [6, 6.07) is 33.7. The molecule has 0 bridgehead atoms. The number of hydrogen-bond acceptors (Lipinski definition) is 6. The number of benzene rings is 4. The summed E-state index contributed by atoms with van der Waals surface area (Å²) >= 11 is 34.1. The Bertz CT molecular complexity index is 2220. The van der Waals surface area contributed by atoms with Crippen molar-refractivity contribution in [1.29, 1.82) is 0 Å². The van der Waals surface area contributed by atoms with Gasteiger partial charge in [-0.15, -0.1) is 20.1 Å². The van der Waals surface area contributed by atoms with E-state index in [1.807, 2.05) is 18.3 Å². The first-order valence-electron chi connectivity index (χ1n) is 19.0. The molecule has 0 saturated heterocycles. The number of aromatic nitrogens is 4. The van der Waals surface area contributed by atoms with Gasteiger partial charge < -0.3 is 68.8 Å². The molecule has 0 amide bonds. The Morgan fingerprint density at radius 3 is 0.825 bits per heavy atom. The van der Waals surface area contributed by atoms with Crippen molar-refractivity contribution < 1.29 is 16.5 Å². The summed E-state index contributed by atoms with van der Waals surface area (Å²) in [5.74, 6) is 1.25. The molecule has 0 aliphatic rings. The van der Waals surface area contributed by atoms with Gasteiger partial charge >= 0.3 is 0 Å². The maximum absolute atomic E-state index is 5.77. The van der Waals surface area contributed by atoms with Crippen LogP contribution in [0.15, 0.2) is 117 Å². The van der Waals surface area contributed by atoms with Gasteiger partial charge in [0.1, 0.15) is 0 Å². The summed E-state index contributed by atoms with van der Waals surface area (Å²) in [4.78, 5) is 0. The molecule has 4 aromatic carbocycles. The Morgan fingerprint density at radius 2 is 0.632 bits per heavy atom. The van der Waals surface area contributed by atoms with Gasteiger partial charge in [-0.25, -0.2) is 0 Å². The van der Waals surface area contributed by atoms with E-state index in [0.717, 1.165) is 35.6 Å². The second-order valence-corrected chi connectivity index (χ2v) is 19.5. The molecule has 6 aromatic rings. The van der Waals surface area contributed by atoms with Crippen molar-refractivity contribution in [2.75, 3.05) is 0 Å². The third-order valence-electron chi connectivity index (χ3n) is 9.60. The number of nitrogens with zero attached hydrogens (tertiary/aromatic N) is 4. The van der Waals surface area contributed by atoms with Gasteiger partial charge in [-0.2, -0.15) is 0 Å². The molecule has 0 unspecified atom stereocenters. The van der Waals surface area contributed by atoms with Gasteiger partial charge in [-0.05, 0) is 131 Å². The van der Waals surface area contributed by atoms with Crippen LogP contribution < -0.4 is 0 Å². The molecule has 0 aliphatic heterocycles. The van der Waals surface area contributed by atoms with Gasteiger partial charge in [0.15, 0.2) is 9.54 Å². The molecule has 2 heterocycles. The van der Waals surface area contributed by atoms with Gasteiger partial charge in [0.25, 0.3) is 0 Å². The van der Waals surface area contributed by atoms with E-state index in [9.17, 15) is 0 Å². The maximum Gasteiger partial charge on any atom is 0.186 e. The first-order valence-corrected chi connectivity index (χ1v) is 21.5. The monoisotopic (exact) mass is 910 g/mol. The molecule has 0 spiro atoms. The molecule has 4 nitrogen and oxygen atoms in total. The van der Waals surface area contributed by atoms with Gasteiger partial charge in [-0.1, -0.05) is 118 Å². The van der Waals surface area contributed by atoms with E-state index in [0.29, 0.717) is 41.5 Å². The van der Waals surface area contributed by atoms with Gasteiger partial charge in [0.2, 0.25) is 0 Å². The molecule has 0 aliphatic carbocycles. The number of imidazole rings is 2. The van der Waals surface area contributed by atoms with E-state index >= 15 is 0 Å². The SMILES string of the molecule is CC(C)(C)c1ccc(-n2c([S-])c([S-])n(-c3ccc(C(C)(C)C)cc3)c2=S)cc1.CC(C)Cc1ccc(-n2c([S-])c([S-])n(-c3ccc(CC(C)C)cc3)c2=S)cc1.[Ni]. The van der Waals surface area contributed by atoms with E-state index in [1.165, 1.54) is 22.3 Å². The zero-order valence-electron chi connectivity index (χ0n) is 34.4. The molecule has 0 N–H and O–H groups in total. The third kappa shape index (κ3) is 10.8. The van der Waals surface area contributed by atoms with E-state index in [4.69, 9.17) is 75.0 Å². The Labute approximate surface area is 383 Å². The molecule has 6 rings (SSSR count). The number of hydrogen-bond donors (Lipinski definition) is 0. The van der Waals surface area contributed by atoms with Gasteiger partial charge in [0.05, 0.1) is 0 Å². The fraction of sp³-hybridized carbons (Fsp3) is 0.348. The van der Waals surface area contributed by atoms with Gasteiger partial charge in [0, 0.05) is 39.2 Å². The van der Waals surface area contributed by atoms with E-state index in [1.54, 1.807) is 0 Å². The van der Waals surface area contributed by atoms with E-state index in [2.05, 4.69) is 166 Å². The molecule has 306 valence electrons. The van der Waals surface area contributed by atoms with Crippen LogP contribution in [0.4, 0.5) is 0 Å². The van der Waals surface area contributed by atoms with Crippen LogP contribution in [0.1, 0.15) is 91.5 Å². The van der Waals surface area contributed by atoms with Crippen LogP contribution in [0.25, 0.3) is 22.7 Å². The number of rotatable bonds is 8. The summed E-state index contributed by atoms with van der Waals surface area (Å²) in [6.45, 7) is 22.1. The minimum atomic E-state index is 0. The van der Waals surface area contributed by atoms with Crippen molar-refractivity contribution in [3.63, 3.8) is 0 Å². The topological polar surface area (TPSA) is 19.7 Å². The third-order valence-corrected chi connectivity index (χ3v) is 12.1. The quantitative estimate of drug-likeness (QED) is 0.0855. The molecule has 0 fully saturated rings. The van der Waals surface area contributed by atoms with Crippen molar-refractivity contribution in [2.24, 2.45) is 11.8 Å². The zero-order chi connectivity index (χ0) is 41.3. The second kappa shape index (κ2) is 19.0. The minimum absolute atomic E-state index is 0. The predicted molar refractivity (Wildman–Crippen MR) is 249 cm³/mol. The summed E-state index contributed by atoms with van der Waals surface area (Å²) in [7, 11) is 0. The average Bonchev–Trinajstić information content (AvgIpc) is 3.49. The van der Waals surface area contributed by atoms with Gasteiger partial charge in [-0.3, -0.25) is 0 Å².